The third-order valence-corrected chi connectivity index (χ3v) is 7.11. The number of anilines is 1. The van der Waals surface area contributed by atoms with Gasteiger partial charge in [0.1, 0.15) is 22.4 Å². The van der Waals surface area contributed by atoms with Crippen molar-refractivity contribution >= 4 is 43.8 Å². The molecule has 1 aliphatic carbocycles. The highest BCUT2D eigenvalue weighted by atomic mass is 32.1. The van der Waals surface area contributed by atoms with Crippen LogP contribution in [0.1, 0.15) is 34.2 Å². The van der Waals surface area contributed by atoms with E-state index in [1.54, 1.807) is 6.07 Å². The molecule has 1 atom stereocenters. The van der Waals surface area contributed by atoms with Crippen LogP contribution in [-0.2, 0) is 24.2 Å². The first-order chi connectivity index (χ1) is 13.4. The largest absolute Gasteiger partial charge is 0.329 e. The molecule has 0 fully saturated rings. The molecule has 3 aromatic rings. The van der Waals surface area contributed by atoms with Gasteiger partial charge in [-0.2, -0.15) is 5.26 Å². The molecule has 144 valence electrons. The van der Waals surface area contributed by atoms with Crippen LogP contribution < -0.4 is 16.6 Å². The lowest BCUT2D eigenvalue weighted by molar-refractivity contribution is -0.116. The standard InChI is InChI=1S/C19H18N4O3S2/c1-9-3-4-11-13(7-20)17(28-14(11)5-9)21-15(24)8-23-18(25)12-6-10(2)27-16(12)22-19(23)26/h6,9H,3-5,8H2,1-2H3,(H,21,24)(H,22,26). The zero-order valence-corrected chi connectivity index (χ0v) is 17.1. The maximum atomic E-state index is 12.6. The van der Waals surface area contributed by atoms with Crippen LogP contribution in [0, 0.1) is 24.2 Å². The van der Waals surface area contributed by atoms with Crippen LogP contribution in [0.15, 0.2) is 15.7 Å². The number of hydrogen-bond acceptors (Lipinski definition) is 6. The molecule has 9 heteroatoms. The van der Waals surface area contributed by atoms with Crippen LogP contribution in [-0.4, -0.2) is 15.5 Å². The quantitative estimate of drug-likeness (QED) is 0.687. The molecular formula is C19H18N4O3S2. The number of fused-ring (bicyclic) bond motifs is 2. The summed E-state index contributed by atoms with van der Waals surface area (Å²) in [6.07, 6.45) is 2.76. The number of nitriles is 1. The molecule has 1 unspecified atom stereocenters. The van der Waals surface area contributed by atoms with E-state index in [-0.39, 0.29) is 0 Å². The summed E-state index contributed by atoms with van der Waals surface area (Å²) in [5.74, 6) is 0.0567. The Hall–Kier alpha value is -2.70. The van der Waals surface area contributed by atoms with Crippen molar-refractivity contribution in [1.82, 2.24) is 9.55 Å². The van der Waals surface area contributed by atoms with Gasteiger partial charge < -0.3 is 5.32 Å². The van der Waals surface area contributed by atoms with E-state index in [0.29, 0.717) is 26.7 Å². The zero-order chi connectivity index (χ0) is 20.0. The highest BCUT2D eigenvalue weighted by Crippen LogP contribution is 2.39. The second kappa shape index (κ2) is 7.04. The lowest BCUT2D eigenvalue weighted by atomic mass is 9.89. The van der Waals surface area contributed by atoms with Gasteiger partial charge in [0.25, 0.3) is 5.56 Å². The number of aryl methyl sites for hydroxylation is 1. The predicted octanol–water partition coefficient (Wildman–Crippen LogP) is 2.76. The molecule has 0 aromatic carbocycles. The third kappa shape index (κ3) is 3.19. The molecule has 3 heterocycles. The number of nitrogens with one attached hydrogen (secondary N) is 2. The minimum absolute atomic E-state index is 0.396. The van der Waals surface area contributed by atoms with Crippen LogP contribution in [0.25, 0.3) is 10.2 Å². The minimum atomic E-state index is -0.616. The number of nitrogens with zero attached hydrogens (tertiary/aromatic N) is 2. The lowest BCUT2D eigenvalue weighted by Gasteiger charge is -2.17. The molecule has 2 N–H and O–H groups in total. The van der Waals surface area contributed by atoms with Crippen molar-refractivity contribution in [2.75, 3.05) is 5.32 Å². The molecule has 0 saturated heterocycles. The van der Waals surface area contributed by atoms with E-state index < -0.39 is 23.7 Å². The molecule has 0 spiro atoms. The Morgan fingerprint density at radius 1 is 1.43 bits per heavy atom. The minimum Gasteiger partial charge on any atom is -0.315 e. The molecule has 7 nitrogen and oxygen atoms in total. The molecular weight excluding hydrogens is 396 g/mol. The summed E-state index contributed by atoms with van der Waals surface area (Å²) < 4.78 is 0.894. The number of aromatic amines is 1. The van der Waals surface area contributed by atoms with E-state index in [9.17, 15) is 19.6 Å². The van der Waals surface area contributed by atoms with Gasteiger partial charge in [0.15, 0.2) is 0 Å². The molecule has 0 saturated carbocycles. The number of amides is 1. The van der Waals surface area contributed by atoms with Gasteiger partial charge in [0.2, 0.25) is 5.91 Å². The van der Waals surface area contributed by atoms with Crippen molar-refractivity contribution in [3.63, 3.8) is 0 Å². The first-order valence-electron chi connectivity index (χ1n) is 8.95. The normalized spacial score (nSPS) is 16.0. The van der Waals surface area contributed by atoms with Crippen molar-refractivity contribution in [1.29, 1.82) is 5.26 Å². The lowest BCUT2D eigenvalue weighted by Crippen LogP contribution is -2.38. The van der Waals surface area contributed by atoms with Gasteiger partial charge in [-0.15, -0.1) is 22.7 Å². The zero-order valence-electron chi connectivity index (χ0n) is 15.4. The summed E-state index contributed by atoms with van der Waals surface area (Å²) in [4.78, 5) is 42.6. The average molecular weight is 415 g/mol. The number of H-pyrrole nitrogens is 1. The number of carbonyl (C=O) groups excluding carboxylic acids is 1. The second-order valence-corrected chi connectivity index (χ2v) is 9.50. The third-order valence-electron chi connectivity index (χ3n) is 4.97. The molecule has 0 aliphatic heterocycles. The molecule has 1 amide bonds. The molecule has 0 radical (unpaired) electrons. The number of aromatic nitrogens is 2. The number of rotatable bonds is 3. The van der Waals surface area contributed by atoms with Crippen molar-refractivity contribution in [3.8, 4) is 6.07 Å². The predicted molar refractivity (Wildman–Crippen MR) is 110 cm³/mol. The van der Waals surface area contributed by atoms with Gasteiger partial charge >= 0.3 is 5.69 Å². The van der Waals surface area contributed by atoms with Crippen molar-refractivity contribution in [2.24, 2.45) is 5.92 Å². The maximum Gasteiger partial charge on any atom is 0.329 e. The van der Waals surface area contributed by atoms with E-state index in [1.807, 2.05) is 6.92 Å². The van der Waals surface area contributed by atoms with Crippen molar-refractivity contribution < 1.29 is 4.79 Å². The van der Waals surface area contributed by atoms with E-state index in [4.69, 9.17) is 0 Å². The van der Waals surface area contributed by atoms with Gasteiger partial charge in [-0.1, -0.05) is 6.92 Å². The Labute approximate surface area is 168 Å². The summed E-state index contributed by atoms with van der Waals surface area (Å²) in [7, 11) is 0. The molecule has 3 aromatic heterocycles. The van der Waals surface area contributed by atoms with Gasteiger partial charge in [-0.3, -0.25) is 19.1 Å². The van der Waals surface area contributed by atoms with Crippen molar-refractivity contribution in [2.45, 2.75) is 39.7 Å². The fourth-order valence-corrected chi connectivity index (χ4v) is 5.85. The first kappa shape index (κ1) is 18.7. The smallest absolute Gasteiger partial charge is 0.315 e. The SMILES string of the molecule is Cc1cc2c(=O)n(CC(=O)Nc3sc4c(c3C#N)CCC(C)C4)c(=O)[nH]c2s1. The fourth-order valence-electron chi connectivity index (χ4n) is 3.58. The summed E-state index contributed by atoms with van der Waals surface area (Å²) in [5, 5.41) is 13.2. The van der Waals surface area contributed by atoms with E-state index >= 15 is 0 Å². The van der Waals surface area contributed by atoms with E-state index in [2.05, 4.69) is 23.3 Å². The maximum absolute atomic E-state index is 12.6. The summed E-state index contributed by atoms with van der Waals surface area (Å²) in [6, 6.07) is 3.90. The number of hydrogen-bond donors (Lipinski definition) is 2. The van der Waals surface area contributed by atoms with Gasteiger partial charge in [0.05, 0.1) is 10.9 Å². The van der Waals surface area contributed by atoms with Crippen LogP contribution in [0.4, 0.5) is 5.00 Å². The molecule has 28 heavy (non-hydrogen) atoms. The van der Waals surface area contributed by atoms with E-state index in [1.165, 1.54) is 22.7 Å². The number of thiophene rings is 2. The fraction of sp³-hybridized carbons (Fsp3) is 0.368. The van der Waals surface area contributed by atoms with Crippen LogP contribution in [0.5, 0.6) is 0 Å². The van der Waals surface area contributed by atoms with Crippen LogP contribution in [0.3, 0.4) is 0 Å². The first-order valence-corrected chi connectivity index (χ1v) is 10.6. The highest BCUT2D eigenvalue weighted by molar-refractivity contribution is 7.18. The molecule has 4 rings (SSSR count). The average Bonchev–Trinajstić information content (AvgIpc) is 3.17. The molecule has 0 bridgehead atoms. The van der Waals surface area contributed by atoms with Gasteiger partial charge in [-0.25, -0.2) is 4.79 Å². The Morgan fingerprint density at radius 3 is 2.96 bits per heavy atom. The van der Waals surface area contributed by atoms with E-state index in [0.717, 1.165) is 39.1 Å². The Balaban J connectivity index is 1.63. The van der Waals surface area contributed by atoms with Crippen LogP contribution >= 0.6 is 22.7 Å². The van der Waals surface area contributed by atoms with Gasteiger partial charge in [-0.05, 0) is 43.7 Å². The Morgan fingerprint density at radius 2 is 2.21 bits per heavy atom. The number of carbonyl (C=O) groups is 1. The Bertz CT molecular complexity index is 1260. The van der Waals surface area contributed by atoms with Crippen molar-refractivity contribution in [3.05, 3.63) is 47.8 Å². The monoisotopic (exact) mass is 414 g/mol. The highest BCUT2D eigenvalue weighted by Gasteiger charge is 2.25. The van der Waals surface area contributed by atoms with Gasteiger partial charge in [0, 0.05) is 9.75 Å². The molecule has 1 aliphatic rings. The summed E-state index contributed by atoms with van der Waals surface area (Å²) in [5.41, 5.74) is 0.420. The topological polar surface area (TPSA) is 108 Å². The summed E-state index contributed by atoms with van der Waals surface area (Å²) >= 11 is 2.74. The Kier molecular flexibility index (Phi) is 4.69. The van der Waals surface area contributed by atoms with Crippen LogP contribution in [0.2, 0.25) is 0 Å². The second-order valence-electron chi connectivity index (χ2n) is 7.14. The summed E-state index contributed by atoms with van der Waals surface area (Å²) in [6.45, 7) is 3.62.